The minimum absolute atomic E-state index is 0.0927. The van der Waals surface area contributed by atoms with E-state index in [-0.39, 0.29) is 36.3 Å². The van der Waals surface area contributed by atoms with Crippen LogP contribution in [0.5, 0.6) is 23.0 Å². The summed E-state index contributed by atoms with van der Waals surface area (Å²) in [6.45, 7) is 2.98. The van der Waals surface area contributed by atoms with E-state index in [1.165, 1.54) is 26.2 Å². The van der Waals surface area contributed by atoms with Crippen molar-refractivity contribution in [2.24, 2.45) is 0 Å². The average Bonchev–Trinajstić information content (AvgIpc) is 2.97. The molecule has 0 saturated carbocycles. The summed E-state index contributed by atoms with van der Waals surface area (Å²) in [4.78, 5) is 45.0. The van der Waals surface area contributed by atoms with Crippen LogP contribution < -0.4 is 29.2 Å². The molecule has 11 nitrogen and oxygen atoms in total. The van der Waals surface area contributed by atoms with Gasteiger partial charge in [0.25, 0.3) is 5.91 Å². The van der Waals surface area contributed by atoms with E-state index in [0.717, 1.165) is 11.4 Å². The molecule has 1 atom stereocenters. The number of benzene rings is 2. The lowest BCUT2D eigenvalue weighted by Crippen LogP contribution is -2.59. The van der Waals surface area contributed by atoms with Crippen molar-refractivity contribution in [1.82, 2.24) is 15.1 Å². The topological polar surface area (TPSA) is 110 Å². The first-order valence-electron chi connectivity index (χ1n) is 12.5. The molecule has 2 heterocycles. The van der Waals surface area contributed by atoms with Crippen LogP contribution in [0.1, 0.15) is 16.8 Å². The molecular weight excluding hydrogens is 492 g/mol. The summed E-state index contributed by atoms with van der Waals surface area (Å²) in [5.74, 6) is 0.924. The van der Waals surface area contributed by atoms with E-state index in [1.54, 1.807) is 24.1 Å². The number of anilines is 1. The van der Waals surface area contributed by atoms with Gasteiger partial charge in [-0.1, -0.05) is 0 Å². The number of carbonyl (C=O) groups is 3. The summed E-state index contributed by atoms with van der Waals surface area (Å²) < 4.78 is 21.3. The fraction of sp³-hybridized carbons (Fsp3) is 0.444. The van der Waals surface area contributed by atoms with E-state index in [0.29, 0.717) is 50.0 Å². The van der Waals surface area contributed by atoms with Gasteiger partial charge in [-0.3, -0.25) is 14.4 Å². The second-order valence-corrected chi connectivity index (χ2v) is 8.99. The highest BCUT2D eigenvalue weighted by Gasteiger charge is 2.37. The Bertz CT molecular complexity index is 1140. The standard InChI is InChI=1S/C27H34N4O7/c1-35-20-7-5-19(6-8-20)29-11-13-30(14-12-29)24(32)17-21-26(33)28-9-10-31(21)27(34)18-15-22(36-2)25(38-4)23(16-18)37-3/h5-8,15-16,21H,9-14,17H2,1-4H3,(H,28,33)/t21-/m0/s1. The first-order chi connectivity index (χ1) is 18.4. The van der Waals surface area contributed by atoms with Crippen LogP contribution in [0.25, 0.3) is 0 Å². The van der Waals surface area contributed by atoms with Crippen molar-refractivity contribution in [3.8, 4) is 23.0 Å². The highest BCUT2D eigenvalue weighted by Crippen LogP contribution is 2.38. The fourth-order valence-corrected chi connectivity index (χ4v) is 4.83. The molecule has 3 amide bonds. The number of hydrogen-bond donors (Lipinski definition) is 1. The predicted molar refractivity (Wildman–Crippen MR) is 140 cm³/mol. The van der Waals surface area contributed by atoms with Crippen molar-refractivity contribution < 1.29 is 33.3 Å². The molecule has 11 heteroatoms. The molecule has 2 aromatic rings. The van der Waals surface area contributed by atoms with Gasteiger partial charge in [-0.05, 0) is 36.4 Å². The summed E-state index contributed by atoms with van der Waals surface area (Å²) >= 11 is 0. The van der Waals surface area contributed by atoms with Crippen molar-refractivity contribution in [1.29, 1.82) is 0 Å². The summed E-state index contributed by atoms with van der Waals surface area (Å²) in [5, 5.41) is 2.79. The Kier molecular flexibility index (Phi) is 8.45. The lowest BCUT2D eigenvalue weighted by atomic mass is 10.0. The zero-order valence-corrected chi connectivity index (χ0v) is 22.2. The Balaban J connectivity index is 1.44. The Hall–Kier alpha value is -4.15. The SMILES string of the molecule is COc1ccc(N2CCN(C(=O)C[C@H]3C(=O)NCCN3C(=O)c3cc(OC)c(OC)c(OC)c3)CC2)cc1. The fourth-order valence-electron chi connectivity index (χ4n) is 4.83. The van der Waals surface area contributed by atoms with E-state index in [1.807, 2.05) is 24.3 Å². The first kappa shape index (κ1) is 26.9. The number of ether oxygens (including phenoxy) is 4. The van der Waals surface area contributed by atoms with Crippen LogP contribution in [0.2, 0.25) is 0 Å². The van der Waals surface area contributed by atoms with E-state index < -0.39 is 6.04 Å². The molecule has 0 bridgehead atoms. The predicted octanol–water partition coefficient (Wildman–Crippen LogP) is 1.40. The number of nitrogens with one attached hydrogen (secondary N) is 1. The van der Waals surface area contributed by atoms with Gasteiger partial charge in [0.05, 0.1) is 34.9 Å². The lowest BCUT2D eigenvalue weighted by Gasteiger charge is -2.39. The second-order valence-electron chi connectivity index (χ2n) is 8.99. The molecule has 38 heavy (non-hydrogen) atoms. The summed E-state index contributed by atoms with van der Waals surface area (Å²) in [7, 11) is 6.05. The number of amides is 3. The van der Waals surface area contributed by atoms with E-state index in [9.17, 15) is 14.4 Å². The molecule has 2 aromatic carbocycles. The van der Waals surface area contributed by atoms with Crippen molar-refractivity contribution in [2.45, 2.75) is 12.5 Å². The largest absolute Gasteiger partial charge is 0.497 e. The highest BCUT2D eigenvalue weighted by atomic mass is 16.5. The number of rotatable bonds is 8. The van der Waals surface area contributed by atoms with Gasteiger partial charge in [-0.2, -0.15) is 0 Å². The zero-order chi connectivity index (χ0) is 27.2. The summed E-state index contributed by atoms with van der Waals surface area (Å²) in [6, 6.07) is 10.00. The molecule has 0 unspecified atom stereocenters. The first-order valence-corrected chi connectivity index (χ1v) is 12.5. The quantitative estimate of drug-likeness (QED) is 0.550. The molecule has 2 aliphatic heterocycles. The smallest absolute Gasteiger partial charge is 0.254 e. The number of nitrogens with zero attached hydrogens (tertiary/aromatic N) is 3. The van der Waals surface area contributed by atoms with E-state index in [2.05, 4.69) is 10.2 Å². The van der Waals surface area contributed by atoms with Crippen molar-refractivity contribution in [3.05, 3.63) is 42.0 Å². The van der Waals surface area contributed by atoms with Crippen molar-refractivity contribution >= 4 is 23.4 Å². The molecule has 0 spiro atoms. The average molecular weight is 527 g/mol. The molecule has 2 saturated heterocycles. The number of piperazine rings is 2. The Morgan fingerprint density at radius 1 is 0.868 bits per heavy atom. The van der Waals surface area contributed by atoms with Crippen LogP contribution in [0.4, 0.5) is 5.69 Å². The number of carbonyl (C=O) groups excluding carboxylic acids is 3. The Morgan fingerprint density at radius 3 is 2.05 bits per heavy atom. The minimum atomic E-state index is -0.914. The van der Waals surface area contributed by atoms with Gasteiger partial charge < -0.3 is 39.0 Å². The van der Waals surface area contributed by atoms with Crippen LogP contribution in [0.3, 0.4) is 0 Å². The van der Waals surface area contributed by atoms with E-state index >= 15 is 0 Å². The molecule has 0 radical (unpaired) electrons. The normalized spacial score (nSPS) is 17.5. The molecule has 2 fully saturated rings. The number of methoxy groups -OCH3 is 4. The minimum Gasteiger partial charge on any atom is -0.497 e. The van der Waals surface area contributed by atoms with Crippen LogP contribution in [0, 0.1) is 0 Å². The summed E-state index contributed by atoms with van der Waals surface area (Å²) in [6.07, 6.45) is -0.0927. The van der Waals surface area contributed by atoms with Crippen molar-refractivity contribution in [2.75, 3.05) is 72.6 Å². The Morgan fingerprint density at radius 2 is 1.50 bits per heavy atom. The lowest BCUT2D eigenvalue weighted by molar-refractivity contribution is -0.138. The van der Waals surface area contributed by atoms with Gasteiger partial charge in [-0.15, -0.1) is 0 Å². The molecule has 2 aliphatic rings. The van der Waals surface area contributed by atoms with Crippen molar-refractivity contribution in [3.63, 3.8) is 0 Å². The molecular formula is C27H34N4O7. The van der Waals surface area contributed by atoms with E-state index in [4.69, 9.17) is 18.9 Å². The molecule has 0 aromatic heterocycles. The van der Waals surface area contributed by atoms with Gasteiger partial charge in [0, 0.05) is 50.5 Å². The second kappa shape index (κ2) is 11.9. The molecule has 204 valence electrons. The van der Waals surface area contributed by atoms with Crippen LogP contribution >= 0.6 is 0 Å². The highest BCUT2D eigenvalue weighted by molar-refractivity contribution is 6.00. The van der Waals surface area contributed by atoms with Gasteiger partial charge in [0.1, 0.15) is 11.8 Å². The Labute approximate surface area is 222 Å². The number of hydrogen-bond acceptors (Lipinski definition) is 8. The van der Waals surface area contributed by atoms with Gasteiger partial charge in [-0.25, -0.2) is 0 Å². The molecule has 0 aliphatic carbocycles. The summed E-state index contributed by atoms with van der Waals surface area (Å²) in [5.41, 5.74) is 1.34. The van der Waals surface area contributed by atoms with Gasteiger partial charge in [0.2, 0.25) is 17.6 Å². The van der Waals surface area contributed by atoms with Gasteiger partial charge >= 0.3 is 0 Å². The van der Waals surface area contributed by atoms with Crippen LogP contribution in [0.15, 0.2) is 36.4 Å². The third kappa shape index (κ3) is 5.56. The zero-order valence-electron chi connectivity index (χ0n) is 22.2. The monoisotopic (exact) mass is 526 g/mol. The third-order valence-corrected chi connectivity index (χ3v) is 6.94. The molecule has 4 rings (SSSR count). The van der Waals surface area contributed by atoms with Crippen LogP contribution in [-0.4, -0.2) is 101 Å². The maximum atomic E-state index is 13.5. The van der Waals surface area contributed by atoms with Gasteiger partial charge in [0.15, 0.2) is 11.5 Å². The third-order valence-electron chi connectivity index (χ3n) is 6.94. The maximum Gasteiger partial charge on any atom is 0.254 e. The molecule has 1 N–H and O–H groups in total. The van der Waals surface area contributed by atoms with Crippen LogP contribution in [-0.2, 0) is 9.59 Å². The maximum absolute atomic E-state index is 13.5.